The van der Waals surface area contributed by atoms with E-state index in [-0.39, 0.29) is 18.0 Å². The minimum absolute atomic E-state index is 0.0370. The summed E-state index contributed by atoms with van der Waals surface area (Å²) >= 11 is 0. The zero-order valence-corrected chi connectivity index (χ0v) is 10.4. The molecular formula is C14H12F2N2O2. The molecule has 0 heterocycles. The molecule has 6 heteroatoms. The molecule has 0 aromatic heterocycles. The van der Waals surface area contributed by atoms with Gasteiger partial charge in [0.25, 0.3) is 0 Å². The minimum Gasteiger partial charge on any atom is -0.489 e. The number of hydrogen-bond donors (Lipinski definition) is 2. The maximum atomic E-state index is 13.2. The van der Waals surface area contributed by atoms with Crippen molar-refractivity contribution in [3.63, 3.8) is 0 Å². The molecule has 104 valence electrons. The number of hydrogen-bond acceptors (Lipinski definition) is 3. The fourth-order valence-electron chi connectivity index (χ4n) is 1.68. The quantitative estimate of drug-likeness (QED) is 0.391. The summed E-state index contributed by atoms with van der Waals surface area (Å²) in [6.07, 6.45) is 0. The van der Waals surface area contributed by atoms with Gasteiger partial charge in [0, 0.05) is 17.2 Å². The first-order valence-electron chi connectivity index (χ1n) is 5.75. The normalized spacial score (nSPS) is 11.4. The Bertz CT molecular complexity index is 645. The van der Waals surface area contributed by atoms with E-state index in [2.05, 4.69) is 5.16 Å². The molecule has 0 saturated carbocycles. The van der Waals surface area contributed by atoms with Gasteiger partial charge in [0.05, 0.1) is 0 Å². The molecule has 0 aliphatic heterocycles. The van der Waals surface area contributed by atoms with Crippen LogP contribution in [0.3, 0.4) is 0 Å². The van der Waals surface area contributed by atoms with Crippen LogP contribution >= 0.6 is 0 Å². The molecule has 0 atom stereocenters. The number of ether oxygens (including phenoxy) is 1. The number of rotatable bonds is 4. The highest BCUT2D eigenvalue weighted by Crippen LogP contribution is 2.17. The van der Waals surface area contributed by atoms with Crippen molar-refractivity contribution in [2.24, 2.45) is 10.9 Å². The lowest BCUT2D eigenvalue weighted by molar-refractivity contribution is 0.303. The topological polar surface area (TPSA) is 67.8 Å². The first-order chi connectivity index (χ1) is 9.60. The van der Waals surface area contributed by atoms with Gasteiger partial charge in [-0.1, -0.05) is 17.3 Å². The Morgan fingerprint density at radius 3 is 2.60 bits per heavy atom. The smallest absolute Gasteiger partial charge is 0.170 e. The molecule has 0 radical (unpaired) electrons. The first kappa shape index (κ1) is 13.8. The van der Waals surface area contributed by atoms with Crippen LogP contribution in [0.2, 0.25) is 0 Å². The van der Waals surface area contributed by atoms with Crippen molar-refractivity contribution in [2.75, 3.05) is 0 Å². The highest BCUT2D eigenvalue weighted by molar-refractivity contribution is 5.98. The van der Waals surface area contributed by atoms with Crippen LogP contribution in [-0.4, -0.2) is 11.0 Å². The van der Waals surface area contributed by atoms with E-state index in [1.54, 1.807) is 6.07 Å². The lowest BCUT2D eigenvalue weighted by Gasteiger charge is -2.10. The van der Waals surface area contributed by atoms with Crippen LogP contribution in [0.4, 0.5) is 8.78 Å². The standard InChI is InChI=1S/C14H12F2N2O2/c15-10-2-1-3-12(6-10)20-8-9-4-5-11(16)7-13(9)14(17)18-19/h1-7,19H,8H2,(H2,17,18). The molecule has 0 aliphatic rings. The Morgan fingerprint density at radius 2 is 1.90 bits per heavy atom. The van der Waals surface area contributed by atoms with Crippen LogP contribution in [-0.2, 0) is 6.61 Å². The summed E-state index contributed by atoms with van der Waals surface area (Å²) in [7, 11) is 0. The Labute approximate surface area is 114 Å². The second-order valence-corrected chi connectivity index (χ2v) is 4.03. The molecule has 4 nitrogen and oxygen atoms in total. The first-order valence-corrected chi connectivity index (χ1v) is 5.75. The van der Waals surface area contributed by atoms with E-state index in [9.17, 15) is 8.78 Å². The summed E-state index contributed by atoms with van der Waals surface area (Å²) in [6, 6.07) is 9.47. The third kappa shape index (κ3) is 3.23. The average Bonchev–Trinajstić information content (AvgIpc) is 2.45. The van der Waals surface area contributed by atoms with Gasteiger partial charge < -0.3 is 15.7 Å². The number of halogens is 2. The second kappa shape index (κ2) is 6.01. The van der Waals surface area contributed by atoms with Gasteiger partial charge in [0.2, 0.25) is 0 Å². The Kier molecular flexibility index (Phi) is 4.14. The molecule has 0 amide bonds. The maximum Gasteiger partial charge on any atom is 0.170 e. The Balaban J connectivity index is 2.21. The van der Waals surface area contributed by atoms with Crippen molar-refractivity contribution in [3.05, 3.63) is 65.2 Å². The van der Waals surface area contributed by atoms with Gasteiger partial charge in [0.15, 0.2) is 5.84 Å². The van der Waals surface area contributed by atoms with E-state index in [1.807, 2.05) is 0 Å². The van der Waals surface area contributed by atoms with Crippen molar-refractivity contribution in [3.8, 4) is 5.75 Å². The van der Waals surface area contributed by atoms with E-state index >= 15 is 0 Å². The van der Waals surface area contributed by atoms with Gasteiger partial charge in [-0.3, -0.25) is 0 Å². The predicted octanol–water partition coefficient (Wildman–Crippen LogP) is 2.64. The van der Waals surface area contributed by atoms with Gasteiger partial charge in [-0.05, 0) is 24.3 Å². The van der Waals surface area contributed by atoms with Gasteiger partial charge >= 0.3 is 0 Å². The SMILES string of the molecule is NC(=NO)c1cc(F)ccc1COc1cccc(F)c1. The van der Waals surface area contributed by atoms with Crippen LogP contribution in [0.5, 0.6) is 5.75 Å². The van der Waals surface area contributed by atoms with Crippen molar-refractivity contribution in [1.29, 1.82) is 0 Å². The van der Waals surface area contributed by atoms with E-state index in [0.717, 1.165) is 6.07 Å². The monoisotopic (exact) mass is 278 g/mol. The Hall–Kier alpha value is -2.63. The summed E-state index contributed by atoms with van der Waals surface area (Å²) in [5.74, 6) is -0.818. The van der Waals surface area contributed by atoms with Crippen molar-refractivity contribution < 1.29 is 18.7 Å². The van der Waals surface area contributed by atoms with Crippen molar-refractivity contribution >= 4 is 5.84 Å². The largest absolute Gasteiger partial charge is 0.489 e. The van der Waals surface area contributed by atoms with Crippen LogP contribution in [0.25, 0.3) is 0 Å². The average molecular weight is 278 g/mol. The molecule has 20 heavy (non-hydrogen) atoms. The molecule has 0 fully saturated rings. The maximum absolute atomic E-state index is 13.2. The third-order valence-electron chi connectivity index (χ3n) is 2.65. The zero-order chi connectivity index (χ0) is 14.5. The molecule has 2 rings (SSSR count). The van der Waals surface area contributed by atoms with Gasteiger partial charge in [-0.2, -0.15) is 0 Å². The summed E-state index contributed by atoms with van der Waals surface area (Å²) < 4.78 is 31.6. The minimum atomic E-state index is -0.513. The van der Waals surface area contributed by atoms with E-state index < -0.39 is 11.6 Å². The van der Waals surface area contributed by atoms with E-state index in [1.165, 1.54) is 30.3 Å². The molecule has 2 aromatic rings. The van der Waals surface area contributed by atoms with Gasteiger partial charge in [0.1, 0.15) is 24.0 Å². The highest BCUT2D eigenvalue weighted by atomic mass is 19.1. The van der Waals surface area contributed by atoms with Gasteiger partial charge in [-0.25, -0.2) is 8.78 Å². The summed E-state index contributed by atoms with van der Waals surface area (Å²) in [4.78, 5) is 0. The Morgan fingerprint density at radius 1 is 1.15 bits per heavy atom. The van der Waals surface area contributed by atoms with E-state index in [4.69, 9.17) is 15.7 Å². The van der Waals surface area contributed by atoms with Crippen LogP contribution in [0.1, 0.15) is 11.1 Å². The van der Waals surface area contributed by atoms with Crippen LogP contribution in [0, 0.1) is 11.6 Å². The molecule has 0 bridgehead atoms. The molecule has 2 aromatic carbocycles. The van der Waals surface area contributed by atoms with Gasteiger partial charge in [-0.15, -0.1) is 0 Å². The number of oxime groups is 1. The molecular weight excluding hydrogens is 266 g/mol. The van der Waals surface area contributed by atoms with E-state index in [0.29, 0.717) is 11.3 Å². The van der Waals surface area contributed by atoms with Crippen molar-refractivity contribution in [1.82, 2.24) is 0 Å². The highest BCUT2D eigenvalue weighted by Gasteiger charge is 2.09. The summed E-state index contributed by atoms with van der Waals surface area (Å²) in [5.41, 5.74) is 6.22. The molecule has 3 N–H and O–H groups in total. The molecule has 0 spiro atoms. The van der Waals surface area contributed by atoms with Crippen LogP contribution < -0.4 is 10.5 Å². The zero-order valence-electron chi connectivity index (χ0n) is 10.4. The molecule has 0 saturated heterocycles. The van der Waals surface area contributed by atoms with Crippen LogP contribution in [0.15, 0.2) is 47.6 Å². The fraction of sp³-hybridized carbons (Fsp3) is 0.0714. The number of nitrogens with zero attached hydrogens (tertiary/aromatic N) is 1. The number of nitrogens with two attached hydrogens (primary N) is 1. The molecule has 0 aliphatic carbocycles. The number of benzene rings is 2. The summed E-state index contributed by atoms with van der Waals surface area (Å²) in [5, 5.41) is 11.5. The number of amidine groups is 1. The summed E-state index contributed by atoms with van der Waals surface area (Å²) in [6.45, 7) is 0.0370. The predicted molar refractivity (Wildman–Crippen MR) is 69.6 cm³/mol. The molecule has 0 unspecified atom stereocenters. The lowest BCUT2D eigenvalue weighted by Crippen LogP contribution is -2.16. The van der Waals surface area contributed by atoms with Crippen molar-refractivity contribution in [2.45, 2.75) is 6.61 Å². The third-order valence-corrected chi connectivity index (χ3v) is 2.65. The lowest BCUT2D eigenvalue weighted by atomic mass is 10.1. The fourth-order valence-corrected chi connectivity index (χ4v) is 1.68. The second-order valence-electron chi connectivity index (χ2n) is 4.03.